The van der Waals surface area contributed by atoms with E-state index in [0.717, 1.165) is 6.07 Å². The summed E-state index contributed by atoms with van der Waals surface area (Å²) in [4.78, 5) is 10.4. The summed E-state index contributed by atoms with van der Waals surface area (Å²) in [5.41, 5.74) is 0.164. The van der Waals surface area contributed by atoms with Gasteiger partial charge >= 0.3 is 7.12 Å². The molecule has 68 valence electrons. The molecule has 5 heteroatoms. The smallest absolute Gasteiger partial charge is 0.423 e. The largest absolute Gasteiger partial charge is 0.488 e. The molecule has 0 amide bonds. The van der Waals surface area contributed by atoms with Crippen LogP contribution in [-0.4, -0.2) is 23.5 Å². The van der Waals surface area contributed by atoms with Gasteiger partial charge in [0.1, 0.15) is 5.82 Å². The fourth-order valence-electron chi connectivity index (χ4n) is 1.06. The summed E-state index contributed by atoms with van der Waals surface area (Å²) in [5.74, 6) is -0.626. The lowest BCUT2D eigenvalue weighted by atomic mass is 9.78. The van der Waals surface area contributed by atoms with Gasteiger partial charge in [0.25, 0.3) is 0 Å². The highest BCUT2D eigenvalue weighted by molar-refractivity contribution is 6.58. The summed E-state index contributed by atoms with van der Waals surface area (Å²) in [5, 5.41) is 17.6. The summed E-state index contributed by atoms with van der Waals surface area (Å²) in [6.45, 7) is 1.45. The van der Waals surface area contributed by atoms with Gasteiger partial charge in [0.2, 0.25) is 0 Å². The zero-order chi connectivity index (χ0) is 10.0. The minimum Gasteiger partial charge on any atom is -0.423 e. The Bertz CT molecular complexity index is 338. The number of aldehydes is 1. The van der Waals surface area contributed by atoms with Gasteiger partial charge in [0.05, 0.1) is 0 Å². The van der Waals surface area contributed by atoms with Crippen LogP contribution in [0.1, 0.15) is 15.9 Å². The lowest BCUT2D eigenvalue weighted by molar-refractivity contribution is 0.111. The van der Waals surface area contributed by atoms with Crippen LogP contribution in [0.15, 0.2) is 12.1 Å². The van der Waals surface area contributed by atoms with Crippen molar-refractivity contribution in [2.24, 2.45) is 0 Å². The van der Waals surface area contributed by atoms with Crippen LogP contribution in [0.4, 0.5) is 4.39 Å². The third kappa shape index (κ3) is 1.94. The average molecular weight is 182 g/mol. The maximum atomic E-state index is 13.1. The van der Waals surface area contributed by atoms with Crippen molar-refractivity contribution >= 4 is 18.9 Å². The Kier molecular flexibility index (Phi) is 2.80. The first kappa shape index (κ1) is 9.89. The van der Waals surface area contributed by atoms with Crippen molar-refractivity contribution in [2.45, 2.75) is 6.92 Å². The number of hydrogen-bond acceptors (Lipinski definition) is 3. The Morgan fingerprint density at radius 2 is 2.08 bits per heavy atom. The van der Waals surface area contributed by atoms with E-state index in [1.54, 1.807) is 0 Å². The summed E-state index contributed by atoms with van der Waals surface area (Å²) < 4.78 is 13.1. The molecule has 0 radical (unpaired) electrons. The molecule has 13 heavy (non-hydrogen) atoms. The Morgan fingerprint density at radius 3 is 2.54 bits per heavy atom. The van der Waals surface area contributed by atoms with Gasteiger partial charge in [0, 0.05) is 5.56 Å². The average Bonchev–Trinajstić information content (AvgIpc) is 2.09. The Balaban J connectivity index is 3.30. The molecule has 1 rings (SSSR count). The SMILES string of the molecule is Cc1cc(B(O)O)cc(C=O)c1F. The van der Waals surface area contributed by atoms with Gasteiger partial charge in [-0.3, -0.25) is 4.79 Å². The number of benzene rings is 1. The lowest BCUT2D eigenvalue weighted by Crippen LogP contribution is -2.30. The van der Waals surface area contributed by atoms with Gasteiger partial charge in [-0.1, -0.05) is 6.07 Å². The first-order valence-electron chi connectivity index (χ1n) is 3.67. The van der Waals surface area contributed by atoms with Crippen LogP contribution in [0.2, 0.25) is 0 Å². The molecular formula is C8H8BFO3. The van der Waals surface area contributed by atoms with Crippen LogP contribution >= 0.6 is 0 Å². The van der Waals surface area contributed by atoms with Crippen molar-refractivity contribution in [3.05, 3.63) is 29.1 Å². The highest BCUT2D eigenvalue weighted by Crippen LogP contribution is 2.08. The minimum atomic E-state index is -1.68. The molecule has 0 aliphatic heterocycles. The molecule has 0 saturated carbocycles. The van der Waals surface area contributed by atoms with Crippen LogP contribution in [0.5, 0.6) is 0 Å². The highest BCUT2D eigenvalue weighted by atomic mass is 19.1. The van der Waals surface area contributed by atoms with Crippen molar-refractivity contribution in [3.63, 3.8) is 0 Å². The van der Waals surface area contributed by atoms with E-state index in [2.05, 4.69) is 0 Å². The number of carbonyl (C=O) groups excluding carboxylic acids is 1. The maximum absolute atomic E-state index is 13.1. The van der Waals surface area contributed by atoms with Crippen LogP contribution in [-0.2, 0) is 0 Å². The van der Waals surface area contributed by atoms with Gasteiger partial charge in [0.15, 0.2) is 6.29 Å². The van der Waals surface area contributed by atoms with Gasteiger partial charge in [-0.15, -0.1) is 0 Å². The molecule has 0 spiro atoms. The van der Waals surface area contributed by atoms with Gasteiger partial charge in [-0.2, -0.15) is 0 Å². The number of halogens is 1. The van der Waals surface area contributed by atoms with E-state index in [1.165, 1.54) is 13.0 Å². The fourth-order valence-corrected chi connectivity index (χ4v) is 1.06. The molecule has 0 unspecified atom stereocenters. The van der Waals surface area contributed by atoms with Gasteiger partial charge in [-0.05, 0) is 24.0 Å². The summed E-state index contributed by atoms with van der Waals surface area (Å²) >= 11 is 0. The van der Waals surface area contributed by atoms with E-state index in [9.17, 15) is 9.18 Å². The molecule has 1 aromatic rings. The molecule has 0 heterocycles. The molecule has 2 N–H and O–H groups in total. The predicted octanol–water partition coefficient (Wildman–Crippen LogP) is -0.374. The number of carbonyl (C=O) groups is 1. The second kappa shape index (κ2) is 3.68. The summed E-state index contributed by atoms with van der Waals surface area (Å²) in [6.07, 6.45) is 0.341. The first-order valence-corrected chi connectivity index (χ1v) is 3.67. The Hall–Kier alpha value is -1.20. The first-order chi connectivity index (χ1) is 6.06. The zero-order valence-electron chi connectivity index (χ0n) is 6.99. The van der Waals surface area contributed by atoms with Crippen molar-refractivity contribution in [3.8, 4) is 0 Å². The van der Waals surface area contributed by atoms with E-state index in [0.29, 0.717) is 6.29 Å². The van der Waals surface area contributed by atoms with E-state index in [-0.39, 0.29) is 16.6 Å². The monoisotopic (exact) mass is 182 g/mol. The quantitative estimate of drug-likeness (QED) is 0.484. The molecule has 0 bridgehead atoms. The molecule has 0 aromatic heterocycles. The van der Waals surface area contributed by atoms with E-state index < -0.39 is 12.9 Å². The summed E-state index contributed by atoms with van der Waals surface area (Å²) in [7, 11) is -1.68. The molecule has 0 saturated heterocycles. The van der Waals surface area contributed by atoms with Crippen LogP contribution < -0.4 is 5.46 Å². The van der Waals surface area contributed by atoms with Crippen molar-refractivity contribution < 1.29 is 19.2 Å². The highest BCUT2D eigenvalue weighted by Gasteiger charge is 2.15. The van der Waals surface area contributed by atoms with E-state index in [1.807, 2.05) is 0 Å². The lowest BCUT2D eigenvalue weighted by Gasteiger charge is -2.04. The number of hydrogen-bond donors (Lipinski definition) is 2. The normalized spacial score (nSPS) is 9.85. The molecule has 0 atom stereocenters. The van der Waals surface area contributed by atoms with Gasteiger partial charge < -0.3 is 10.0 Å². The topological polar surface area (TPSA) is 57.5 Å². The summed E-state index contributed by atoms with van der Waals surface area (Å²) in [6, 6.07) is 2.40. The predicted molar refractivity (Wildman–Crippen MR) is 46.4 cm³/mol. The number of rotatable bonds is 2. The Morgan fingerprint density at radius 1 is 1.46 bits per heavy atom. The van der Waals surface area contributed by atoms with Gasteiger partial charge in [-0.25, -0.2) is 4.39 Å². The minimum absolute atomic E-state index is 0.112. The van der Waals surface area contributed by atoms with E-state index in [4.69, 9.17) is 10.0 Å². The third-order valence-corrected chi connectivity index (χ3v) is 1.73. The second-order valence-electron chi connectivity index (χ2n) is 2.73. The van der Waals surface area contributed by atoms with Crippen LogP contribution in [0, 0.1) is 12.7 Å². The van der Waals surface area contributed by atoms with Crippen molar-refractivity contribution in [1.82, 2.24) is 0 Å². The van der Waals surface area contributed by atoms with E-state index >= 15 is 0 Å². The molecule has 0 aliphatic rings. The second-order valence-corrected chi connectivity index (χ2v) is 2.73. The van der Waals surface area contributed by atoms with Crippen molar-refractivity contribution in [2.75, 3.05) is 0 Å². The molecule has 3 nitrogen and oxygen atoms in total. The van der Waals surface area contributed by atoms with Crippen LogP contribution in [0.3, 0.4) is 0 Å². The molecule has 0 aliphatic carbocycles. The Labute approximate surface area is 75.0 Å². The zero-order valence-corrected chi connectivity index (χ0v) is 6.99. The molecular weight excluding hydrogens is 174 g/mol. The molecule has 1 aromatic carbocycles. The standard InChI is InChI=1S/C8H8BFO3/c1-5-2-7(9(12)13)3-6(4-11)8(5)10/h2-4,12-13H,1H3. The molecule has 0 fully saturated rings. The third-order valence-electron chi connectivity index (χ3n) is 1.73. The van der Waals surface area contributed by atoms with Crippen molar-refractivity contribution in [1.29, 1.82) is 0 Å². The maximum Gasteiger partial charge on any atom is 0.488 e. The van der Waals surface area contributed by atoms with Crippen LogP contribution in [0.25, 0.3) is 0 Å². The fraction of sp³-hybridized carbons (Fsp3) is 0.125. The number of aryl methyl sites for hydroxylation is 1.